The van der Waals surface area contributed by atoms with E-state index in [1.165, 1.54) is 0 Å². The predicted octanol–water partition coefficient (Wildman–Crippen LogP) is 6.14. The monoisotopic (exact) mass is 804 g/mol. The molecule has 11 heteroatoms. The molecule has 7 heterocycles. The topological polar surface area (TPSA) is 124 Å². The molecule has 0 aliphatic carbocycles. The zero-order valence-electron chi connectivity index (χ0n) is 35.0. The predicted molar refractivity (Wildman–Crippen MR) is 214 cm³/mol. The summed E-state index contributed by atoms with van der Waals surface area (Å²) < 4.78 is 62.0. The maximum atomic E-state index is 10.9. The molecule has 0 spiro atoms. The van der Waals surface area contributed by atoms with E-state index < -0.39 is 45.8 Å². The first-order chi connectivity index (χ1) is 27.6. The molecule has 0 aromatic heterocycles. The van der Waals surface area contributed by atoms with E-state index in [9.17, 15) is 10.2 Å². The number of aliphatic hydroxyl groups is 2. The van der Waals surface area contributed by atoms with Crippen molar-refractivity contribution in [3.63, 3.8) is 0 Å². The fraction of sp³-hybridized carbons (Fsp3) is 0.702. The largest absolute Gasteiger partial charge is 0.393 e. The average molecular weight is 805 g/mol. The highest BCUT2D eigenvalue weighted by molar-refractivity contribution is 5.18. The smallest absolute Gasteiger partial charge is 0.116 e. The van der Waals surface area contributed by atoms with Crippen molar-refractivity contribution in [2.45, 2.75) is 194 Å². The van der Waals surface area contributed by atoms with Crippen LogP contribution in [-0.2, 0) is 55.8 Å². The highest BCUT2D eigenvalue weighted by Crippen LogP contribution is 2.55. The van der Waals surface area contributed by atoms with Crippen LogP contribution < -0.4 is 0 Å². The van der Waals surface area contributed by atoms with Crippen LogP contribution in [0, 0.1) is 0 Å². The lowest BCUT2D eigenvalue weighted by Crippen LogP contribution is -2.70. The Kier molecular flexibility index (Phi) is 10.8. The zero-order chi connectivity index (χ0) is 40.6. The van der Waals surface area contributed by atoms with Gasteiger partial charge in [0.2, 0.25) is 0 Å². The van der Waals surface area contributed by atoms with Crippen molar-refractivity contribution in [1.29, 1.82) is 0 Å². The van der Waals surface area contributed by atoms with E-state index in [-0.39, 0.29) is 55.4 Å². The van der Waals surface area contributed by atoms with Crippen LogP contribution >= 0.6 is 0 Å². The minimum atomic E-state index is -1.04. The van der Waals surface area contributed by atoms with Gasteiger partial charge in [-0.05, 0) is 65.5 Å². The molecule has 2 N–H and O–H groups in total. The number of rotatable bonds is 8. The van der Waals surface area contributed by atoms with Gasteiger partial charge in [0, 0.05) is 32.1 Å². The lowest BCUT2D eigenvalue weighted by Gasteiger charge is -2.59. The first-order valence-electron chi connectivity index (χ1n) is 21.6. The Hall–Kier alpha value is -2.26. The maximum Gasteiger partial charge on any atom is 0.116 e. The molecular weight excluding hydrogens is 741 g/mol. The van der Waals surface area contributed by atoms with Gasteiger partial charge in [0.25, 0.3) is 0 Å². The quantitative estimate of drug-likeness (QED) is 0.299. The van der Waals surface area contributed by atoms with Crippen LogP contribution in [0.2, 0.25) is 0 Å². The van der Waals surface area contributed by atoms with Crippen molar-refractivity contribution >= 4 is 0 Å². The zero-order valence-corrected chi connectivity index (χ0v) is 35.0. The third kappa shape index (κ3) is 7.55. The fourth-order valence-corrected chi connectivity index (χ4v) is 11.1. The molecule has 318 valence electrons. The lowest BCUT2D eigenvalue weighted by molar-refractivity contribution is -0.357. The maximum absolute atomic E-state index is 10.9. The van der Waals surface area contributed by atoms with E-state index in [4.69, 9.17) is 42.6 Å². The third-order valence-corrected chi connectivity index (χ3v) is 14.8. The Morgan fingerprint density at radius 2 is 1.26 bits per heavy atom. The highest BCUT2D eigenvalue weighted by Gasteiger charge is 2.65. The molecule has 0 radical (unpaired) electrons. The van der Waals surface area contributed by atoms with Crippen molar-refractivity contribution in [1.82, 2.24) is 0 Å². The van der Waals surface area contributed by atoms with E-state index in [0.717, 1.165) is 24.0 Å². The molecule has 0 saturated carbocycles. The van der Waals surface area contributed by atoms with Gasteiger partial charge in [-0.15, -0.1) is 0 Å². The summed E-state index contributed by atoms with van der Waals surface area (Å²) in [6, 6.07) is 20.5. The molecule has 6 fully saturated rings. The van der Waals surface area contributed by atoms with Crippen molar-refractivity contribution in [2.24, 2.45) is 0 Å². The van der Waals surface area contributed by atoms with E-state index in [1.54, 1.807) is 6.92 Å². The molecule has 6 saturated heterocycles. The number of aliphatic hydroxyl groups excluding tert-OH is 2. The van der Waals surface area contributed by atoms with Crippen LogP contribution in [0.25, 0.3) is 0 Å². The molecule has 11 nitrogen and oxygen atoms in total. The van der Waals surface area contributed by atoms with Gasteiger partial charge >= 0.3 is 0 Å². The summed E-state index contributed by atoms with van der Waals surface area (Å²) in [5.74, 6) is 0. The summed E-state index contributed by atoms with van der Waals surface area (Å²) in [4.78, 5) is 0. The minimum absolute atomic E-state index is 0.213. The average Bonchev–Trinajstić information content (AvgIpc) is 3.41. The molecule has 0 unspecified atom stereocenters. The summed E-state index contributed by atoms with van der Waals surface area (Å²) in [5, 5.41) is 20.9. The SMILES string of the molecule is C[C@@]12CC[C@]3(C)O[C@]4(C)C[C@@H]5O[C@@H]6C[C@H](O)[C@@](C)(CO)O[C@H]6C=C[C@H]5O[C@H]4C[C@H]3O[C@H]1C[C@@]1(C)O[C@@](C)(COCc3ccccc3)[C@H](OCc3ccccc3)C[C@@H]1O2. The summed E-state index contributed by atoms with van der Waals surface area (Å²) in [7, 11) is 0. The highest BCUT2D eigenvalue weighted by atomic mass is 16.6. The molecule has 2 aromatic carbocycles. The van der Waals surface area contributed by atoms with E-state index >= 15 is 0 Å². The Morgan fingerprint density at radius 1 is 0.603 bits per heavy atom. The van der Waals surface area contributed by atoms with E-state index in [2.05, 4.69) is 58.9 Å². The van der Waals surface area contributed by atoms with Crippen LogP contribution in [-0.4, -0.2) is 118 Å². The second kappa shape index (κ2) is 15.3. The number of hydrogen-bond donors (Lipinski definition) is 2. The van der Waals surface area contributed by atoms with Crippen molar-refractivity contribution < 1.29 is 52.8 Å². The number of benzene rings is 2. The summed E-state index contributed by atoms with van der Waals surface area (Å²) in [6.07, 6.45) is 5.19. The summed E-state index contributed by atoms with van der Waals surface area (Å²) in [6.45, 7) is 13.6. The second-order valence-corrected chi connectivity index (χ2v) is 19.6. The molecular formula is C47H64O11. The second-order valence-electron chi connectivity index (χ2n) is 19.6. The molecule has 0 amide bonds. The van der Waals surface area contributed by atoms with Gasteiger partial charge in [-0.1, -0.05) is 72.8 Å². The van der Waals surface area contributed by atoms with Crippen molar-refractivity contribution in [2.75, 3.05) is 13.2 Å². The number of fused-ring (bicyclic) bond motifs is 6. The Balaban J connectivity index is 0.924. The molecule has 9 rings (SSSR count). The van der Waals surface area contributed by atoms with Crippen LogP contribution in [0.15, 0.2) is 72.8 Å². The van der Waals surface area contributed by atoms with Gasteiger partial charge in [0.15, 0.2) is 0 Å². The normalized spacial score (nSPS) is 48.5. The Bertz CT molecular complexity index is 1780. The van der Waals surface area contributed by atoms with Gasteiger partial charge in [0.05, 0.1) is 97.7 Å². The third-order valence-electron chi connectivity index (χ3n) is 14.8. The molecule has 7 aliphatic rings. The minimum Gasteiger partial charge on any atom is -0.393 e. The first kappa shape index (κ1) is 41.1. The fourth-order valence-electron chi connectivity index (χ4n) is 11.1. The molecule has 2 aromatic rings. The van der Waals surface area contributed by atoms with Crippen LogP contribution in [0.4, 0.5) is 0 Å². The van der Waals surface area contributed by atoms with Crippen LogP contribution in [0.3, 0.4) is 0 Å². The van der Waals surface area contributed by atoms with Gasteiger partial charge in [-0.25, -0.2) is 0 Å². The van der Waals surface area contributed by atoms with E-state index in [1.807, 2.05) is 48.6 Å². The van der Waals surface area contributed by atoms with Gasteiger partial charge < -0.3 is 52.8 Å². The summed E-state index contributed by atoms with van der Waals surface area (Å²) >= 11 is 0. The lowest BCUT2D eigenvalue weighted by atomic mass is 9.73. The number of hydrogen-bond acceptors (Lipinski definition) is 11. The first-order valence-corrected chi connectivity index (χ1v) is 21.6. The van der Waals surface area contributed by atoms with Crippen LogP contribution in [0.1, 0.15) is 97.6 Å². The Labute approximate surface area is 343 Å². The summed E-state index contributed by atoms with van der Waals surface area (Å²) in [5.41, 5.74) is -1.98. The Morgan fingerprint density at radius 3 is 1.98 bits per heavy atom. The van der Waals surface area contributed by atoms with Gasteiger partial charge in [0.1, 0.15) is 23.4 Å². The molecule has 58 heavy (non-hydrogen) atoms. The van der Waals surface area contributed by atoms with Gasteiger partial charge in [-0.2, -0.15) is 0 Å². The van der Waals surface area contributed by atoms with Crippen LogP contribution in [0.5, 0.6) is 0 Å². The van der Waals surface area contributed by atoms with Gasteiger partial charge in [-0.3, -0.25) is 0 Å². The van der Waals surface area contributed by atoms with E-state index in [0.29, 0.717) is 51.9 Å². The standard InChI is InChI=1S/C47H64O11/c1-42-19-20-43(2)38(23-39-44(3,57-43)24-35-32(53-39)17-18-33-34(52-35)21-36(49)46(5,28-48)55-33)54-41(42)25-45(4)40(56-42)22-37(51-27-31-15-11-8-12-16-31)47(6,58-45)29-50-26-30-13-9-7-10-14-30/h7-18,32-41,48-49H,19-29H2,1-6H3/t32-,33+,34-,35+,36+,37-,38-,39+,40+,41+,42-,43+,44-,45-,46-,47+/m1/s1. The molecule has 16 atom stereocenters. The van der Waals surface area contributed by atoms with Crippen molar-refractivity contribution in [3.8, 4) is 0 Å². The molecule has 0 bridgehead atoms. The molecule has 7 aliphatic heterocycles. The number of ether oxygens (including phenoxy) is 9. The van der Waals surface area contributed by atoms with Crippen molar-refractivity contribution in [3.05, 3.63) is 83.9 Å².